The van der Waals surface area contributed by atoms with Crippen LogP contribution in [-0.2, 0) is 12.8 Å². The van der Waals surface area contributed by atoms with Crippen LogP contribution in [0.5, 0.6) is 5.75 Å². The molecule has 5 heteroatoms. The van der Waals surface area contributed by atoms with Gasteiger partial charge < -0.3 is 16.2 Å². The first-order valence-corrected chi connectivity index (χ1v) is 11.6. The van der Waals surface area contributed by atoms with E-state index in [4.69, 9.17) is 5.73 Å². The van der Waals surface area contributed by atoms with Crippen molar-refractivity contribution in [3.05, 3.63) is 101 Å². The molecule has 0 bridgehead atoms. The molecule has 4 N–H and O–H groups in total. The van der Waals surface area contributed by atoms with Gasteiger partial charge in [-0.25, -0.2) is 4.98 Å². The number of nitrogens with one attached hydrogen (secondary N) is 1. The summed E-state index contributed by atoms with van der Waals surface area (Å²) in [6.45, 7) is 4.15. The molecule has 0 saturated heterocycles. The number of rotatable bonds is 6. The number of fused-ring (bicyclic) bond motifs is 3. The Morgan fingerprint density at radius 1 is 0.912 bits per heavy atom. The lowest BCUT2D eigenvalue weighted by Crippen LogP contribution is -2.06. The van der Waals surface area contributed by atoms with Gasteiger partial charge >= 0.3 is 0 Å². The van der Waals surface area contributed by atoms with E-state index in [9.17, 15) is 5.11 Å². The topological polar surface area (TPSA) is 84.1 Å². The maximum absolute atomic E-state index is 10.0. The van der Waals surface area contributed by atoms with Crippen LogP contribution in [0.2, 0.25) is 0 Å². The smallest absolute Gasteiger partial charge is 0.150 e. The zero-order valence-corrected chi connectivity index (χ0v) is 19.4. The summed E-state index contributed by atoms with van der Waals surface area (Å²) in [5, 5.41) is 15.5. The van der Waals surface area contributed by atoms with Crippen LogP contribution < -0.4 is 11.1 Å². The van der Waals surface area contributed by atoms with E-state index in [0.717, 1.165) is 45.9 Å². The van der Waals surface area contributed by atoms with Gasteiger partial charge in [0.1, 0.15) is 11.3 Å². The van der Waals surface area contributed by atoms with Gasteiger partial charge in [0.2, 0.25) is 0 Å². The maximum Gasteiger partial charge on any atom is 0.150 e. The quantitative estimate of drug-likeness (QED) is 0.209. The number of pyridine rings is 2. The second-order valence-electron chi connectivity index (χ2n) is 8.88. The first kappa shape index (κ1) is 21.7. The molecule has 1 unspecified atom stereocenters. The summed E-state index contributed by atoms with van der Waals surface area (Å²) in [5.74, 6) is 0.734. The van der Waals surface area contributed by atoms with Gasteiger partial charge in [-0.1, -0.05) is 48.5 Å². The molecule has 0 spiro atoms. The Bertz CT molecular complexity index is 1480. The molecule has 1 atom stereocenters. The van der Waals surface area contributed by atoms with Crippen LogP contribution in [0.25, 0.3) is 21.8 Å². The van der Waals surface area contributed by atoms with E-state index in [1.54, 1.807) is 6.07 Å². The van der Waals surface area contributed by atoms with Crippen molar-refractivity contribution in [2.45, 2.75) is 32.7 Å². The SMILES string of the molecule is Cc1ccc2c(c1)nc(N)c1ncc(CCc3ccc(C(C)Nc4ccccc4O)cc3)cc12. The Hall–Kier alpha value is -4.12. The van der Waals surface area contributed by atoms with Crippen LogP contribution >= 0.6 is 0 Å². The van der Waals surface area contributed by atoms with Crippen molar-refractivity contribution in [3.8, 4) is 5.75 Å². The van der Waals surface area contributed by atoms with Crippen LogP contribution in [0.3, 0.4) is 0 Å². The lowest BCUT2D eigenvalue weighted by Gasteiger charge is -2.17. The summed E-state index contributed by atoms with van der Waals surface area (Å²) in [6, 6.07) is 24.5. The minimum Gasteiger partial charge on any atom is -0.506 e. The molecule has 3 aromatic carbocycles. The number of nitrogen functional groups attached to an aromatic ring is 1. The summed E-state index contributed by atoms with van der Waals surface area (Å²) >= 11 is 0. The molecule has 2 heterocycles. The standard InChI is InChI=1S/C29H28N4O/c1-18-7-14-23-24-16-21(17-31-28(24)29(30)33-26(23)15-18)9-8-20-10-12-22(13-11-20)19(2)32-25-5-3-4-6-27(25)34/h3-7,10-17,19,32,34H,8-9H2,1-2H3,(H2,30,33). The van der Waals surface area contributed by atoms with E-state index in [0.29, 0.717) is 5.82 Å². The monoisotopic (exact) mass is 448 g/mol. The fraction of sp³-hybridized carbons (Fsp3) is 0.172. The largest absolute Gasteiger partial charge is 0.506 e. The minimum atomic E-state index is 0.0861. The number of phenolic OH excluding ortho intramolecular Hbond substituents is 1. The molecular formula is C29H28N4O. The predicted molar refractivity (Wildman–Crippen MR) is 140 cm³/mol. The highest BCUT2D eigenvalue weighted by molar-refractivity contribution is 6.08. The molecular weight excluding hydrogens is 420 g/mol. The highest BCUT2D eigenvalue weighted by Gasteiger charge is 2.10. The molecule has 0 aliphatic rings. The molecule has 170 valence electrons. The van der Waals surface area contributed by atoms with Gasteiger partial charge in [0, 0.05) is 23.0 Å². The number of phenols is 1. The number of aromatic hydroxyl groups is 1. The van der Waals surface area contributed by atoms with Gasteiger partial charge in [-0.3, -0.25) is 4.98 Å². The molecule has 0 amide bonds. The van der Waals surface area contributed by atoms with Gasteiger partial charge in [-0.2, -0.15) is 0 Å². The zero-order chi connectivity index (χ0) is 23.7. The van der Waals surface area contributed by atoms with Crippen LogP contribution in [0, 0.1) is 6.92 Å². The minimum absolute atomic E-state index is 0.0861. The third kappa shape index (κ3) is 4.37. The zero-order valence-electron chi connectivity index (χ0n) is 19.4. The van der Waals surface area contributed by atoms with Crippen LogP contribution in [-0.4, -0.2) is 15.1 Å². The molecule has 0 radical (unpaired) electrons. The van der Waals surface area contributed by atoms with Crippen molar-refractivity contribution in [3.63, 3.8) is 0 Å². The third-order valence-electron chi connectivity index (χ3n) is 6.33. The fourth-order valence-electron chi connectivity index (χ4n) is 4.37. The molecule has 2 aromatic heterocycles. The summed E-state index contributed by atoms with van der Waals surface area (Å²) in [6.07, 6.45) is 3.73. The Morgan fingerprint density at radius 2 is 1.68 bits per heavy atom. The number of anilines is 2. The number of nitrogens with two attached hydrogens (primary N) is 1. The Labute approximate surface area is 199 Å². The second kappa shape index (κ2) is 9.02. The van der Waals surface area contributed by atoms with E-state index in [1.165, 1.54) is 16.7 Å². The maximum atomic E-state index is 10.0. The van der Waals surface area contributed by atoms with Crippen molar-refractivity contribution in [1.82, 2.24) is 9.97 Å². The van der Waals surface area contributed by atoms with Gasteiger partial charge in [0.05, 0.1) is 11.2 Å². The van der Waals surface area contributed by atoms with Gasteiger partial charge in [0.25, 0.3) is 0 Å². The summed E-state index contributed by atoms with van der Waals surface area (Å²) < 4.78 is 0. The van der Waals surface area contributed by atoms with Crippen molar-refractivity contribution >= 4 is 33.3 Å². The van der Waals surface area contributed by atoms with E-state index in [2.05, 4.69) is 77.7 Å². The first-order chi connectivity index (χ1) is 16.5. The summed E-state index contributed by atoms with van der Waals surface area (Å²) in [7, 11) is 0. The Balaban J connectivity index is 1.31. The summed E-state index contributed by atoms with van der Waals surface area (Å²) in [5.41, 5.74) is 13.4. The molecule has 5 nitrogen and oxygen atoms in total. The van der Waals surface area contributed by atoms with Gasteiger partial charge in [0.15, 0.2) is 5.82 Å². The molecule has 0 fully saturated rings. The predicted octanol–water partition coefficient (Wildman–Crippen LogP) is 6.34. The fourth-order valence-corrected chi connectivity index (χ4v) is 4.37. The van der Waals surface area contributed by atoms with E-state index < -0.39 is 0 Å². The molecule has 0 aliphatic carbocycles. The molecule has 0 aliphatic heterocycles. The number of benzene rings is 3. The highest BCUT2D eigenvalue weighted by atomic mass is 16.3. The number of hydrogen-bond donors (Lipinski definition) is 3. The van der Waals surface area contributed by atoms with Crippen LogP contribution in [0.4, 0.5) is 11.5 Å². The van der Waals surface area contributed by atoms with Crippen molar-refractivity contribution in [2.75, 3.05) is 11.1 Å². The first-order valence-electron chi connectivity index (χ1n) is 11.6. The van der Waals surface area contributed by atoms with Gasteiger partial charge in [-0.15, -0.1) is 0 Å². The normalized spacial score (nSPS) is 12.2. The Kier molecular flexibility index (Phi) is 5.76. The average molecular weight is 449 g/mol. The number of aryl methyl sites for hydroxylation is 3. The van der Waals surface area contributed by atoms with Crippen LogP contribution in [0.15, 0.2) is 79.0 Å². The highest BCUT2D eigenvalue weighted by Crippen LogP contribution is 2.29. The van der Waals surface area contributed by atoms with E-state index >= 15 is 0 Å². The number of hydrogen-bond acceptors (Lipinski definition) is 5. The third-order valence-corrected chi connectivity index (χ3v) is 6.33. The summed E-state index contributed by atoms with van der Waals surface area (Å²) in [4.78, 5) is 9.17. The molecule has 34 heavy (non-hydrogen) atoms. The van der Waals surface area contributed by atoms with Crippen molar-refractivity contribution in [2.24, 2.45) is 0 Å². The van der Waals surface area contributed by atoms with Crippen molar-refractivity contribution in [1.29, 1.82) is 0 Å². The lowest BCUT2D eigenvalue weighted by atomic mass is 10.00. The second-order valence-corrected chi connectivity index (χ2v) is 8.88. The average Bonchev–Trinajstić information content (AvgIpc) is 2.84. The number of para-hydroxylation sites is 2. The molecule has 5 rings (SSSR count). The molecule has 5 aromatic rings. The van der Waals surface area contributed by atoms with Crippen LogP contribution in [0.1, 0.15) is 35.2 Å². The number of aromatic nitrogens is 2. The van der Waals surface area contributed by atoms with E-state index in [-0.39, 0.29) is 11.8 Å². The lowest BCUT2D eigenvalue weighted by molar-refractivity contribution is 0.476. The Morgan fingerprint density at radius 3 is 2.47 bits per heavy atom. The van der Waals surface area contributed by atoms with Crippen molar-refractivity contribution < 1.29 is 5.11 Å². The molecule has 0 saturated carbocycles. The van der Waals surface area contributed by atoms with E-state index in [1.807, 2.05) is 24.4 Å². The number of nitrogens with zero attached hydrogens (tertiary/aromatic N) is 2. The van der Waals surface area contributed by atoms with Gasteiger partial charge in [-0.05, 0) is 73.2 Å².